The summed E-state index contributed by atoms with van der Waals surface area (Å²) in [6, 6.07) is 5.67. The van der Waals surface area contributed by atoms with Crippen molar-refractivity contribution in [2.75, 3.05) is 19.5 Å². The van der Waals surface area contributed by atoms with Crippen LogP contribution in [0.4, 0.5) is 5.69 Å². The SMILES string of the molecule is COc1ccc(N[C@@H]2C=C(C)C(=O)[C@H]2C)cc1OC. The van der Waals surface area contributed by atoms with Crippen molar-refractivity contribution in [3.05, 3.63) is 29.8 Å². The largest absolute Gasteiger partial charge is 0.493 e. The fourth-order valence-electron chi connectivity index (χ4n) is 2.30. The fourth-order valence-corrected chi connectivity index (χ4v) is 2.30. The number of benzene rings is 1. The molecular formula is C15H19NO3. The minimum absolute atomic E-state index is 0.0330. The zero-order valence-electron chi connectivity index (χ0n) is 11.7. The van der Waals surface area contributed by atoms with Gasteiger partial charge in [0.25, 0.3) is 0 Å². The highest BCUT2D eigenvalue weighted by molar-refractivity contribution is 6.00. The molecule has 2 atom stereocenters. The van der Waals surface area contributed by atoms with Gasteiger partial charge < -0.3 is 14.8 Å². The molecule has 2 rings (SSSR count). The van der Waals surface area contributed by atoms with Crippen molar-refractivity contribution in [3.8, 4) is 11.5 Å². The van der Waals surface area contributed by atoms with Gasteiger partial charge in [0.15, 0.2) is 17.3 Å². The van der Waals surface area contributed by atoms with Gasteiger partial charge in [-0.3, -0.25) is 4.79 Å². The normalized spacial score (nSPS) is 22.1. The second-order valence-electron chi connectivity index (χ2n) is 4.74. The third kappa shape index (κ3) is 2.57. The number of ether oxygens (including phenoxy) is 2. The summed E-state index contributed by atoms with van der Waals surface area (Å²) in [5.41, 5.74) is 1.73. The van der Waals surface area contributed by atoms with E-state index < -0.39 is 0 Å². The first-order valence-corrected chi connectivity index (χ1v) is 6.28. The summed E-state index contributed by atoms with van der Waals surface area (Å²) in [6.45, 7) is 3.79. The molecule has 4 nitrogen and oxygen atoms in total. The van der Waals surface area contributed by atoms with Crippen LogP contribution in [0.1, 0.15) is 13.8 Å². The number of anilines is 1. The van der Waals surface area contributed by atoms with E-state index in [1.165, 1.54) is 0 Å². The maximum absolute atomic E-state index is 11.8. The lowest BCUT2D eigenvalue weighted by Gasteiger charge is -2.18. The number of hydrogen-bond donors (Lipinski definition) is 1. The minimum atomic E-state index is -0.0342. The molecule has 1 aliphatic rings. The van der Waals surface area contributed by atoms with Gasteiger partial charge in [-0.2, -0.15) is 0 Å². The van der Waals surface area contributed by atoms with Gasteiger partial charge in [-0.25, -0.2) is 0 Å². The van der Waals surface area contributed by atoms with Gasteiger partial charge in [-0.1, -0.05) is 13.0 Å². The van der Waals surface area contributed by atoms with Crippen molar-refractivity contribution < 1.29 is 14.3 Å². The molecule has 0 saturated carbocycles. The van der Waals surface area contributed by atoms with Crippen LogP contribution in [0, 0.1) is 5.92 Å². The van der Waals surface area contributed by atoms with Gasteiger partial charge in [-0.15, -0.1) is 0 Å². The number of carbonyl (C=O) groups excluding carboxylic acids is 1. The number of Topliss-reactive ketones (excluding diaryl/α,β-unsaturated/α-hetero) is 1. The van der Waals surface area contributed by atoms with E-state index in [-0.39, 0.29) is 17.7 Å². The predicted octanol–water partition coefficient (Wildman–Crippen LogP) is 2.65. The lowest BCUT2D eigenvalue weighted by Crippen LogP contribution is -2.25. The molecule has 0 saturated heterocycles. The number of hydrogen-bond acceptors (Lipinski definition) is 4. The van der Waals surface area contributed by atoms with E-state index in [2.05, 4.69) is 5.32 Å². The van der Waals surface area contributed by atoms with Crippen LogP contribution in [0.5, 0.6) is 11.5 Å². The highest BCUT2D eigenvalue weighted by atomic mass is 16.5. The van der Waals surface area contributed by atoms with Crippen LogP contribution in [0.25, 0.3) is 0 Å². The van der Waals surface area contributed by atoms with Gasteiger partial charge in [0.2, 0.25) is 0 Å². The third-order valence-corrected chi connectivity index (χ3v) is 3.49. The van der Waals surface area contributed by atoms with Crippen LogP contribution < -0.4 is 14.8 Å². The summed E-state index contributed by atoms with van der Waals surface area (Å²) in [7, 11) is 3.21. The third-order valence-electron chi connectivity index (χ3n) is 3.49. The molecule has 1 aromatic carbocycles. The van der Waals surface area contributed by atoms with Crippen molar-refractivity contribution in [3.63, 3.8) is 0 Å². The number of rotatable bonds is 4. The zero-order chi connectivity index (χ0) is 14.0. The molecule has 0 amide bonds. The zero-order valence-corrected chi connectivity index (χ0v) is 11.7. The molecule has 1 aliphatic carbocycles. The number of ketones is 1. The Morgan fingerprint density at radius 2 is 1.84 bits per heavy atom. The maximum atomic E-state index is 11.8. The molecule has 0 unspecified atom stereocenters. The van der Waals surface area contributed by atoms with Crippen molar-refractivity contribution in [2.45, 2.75) is 19.9 Å². The Morgan fingerprint density at radius 3 is 2.37 bits per heavy atom. The summed E-state index contributed by atoms with van der Waals surface area (Å²) in [5, 5.41) is 3.34. The van der Waals surface area contributed by atoms with Gasteiger partial charge >= 0.3 is 0 Å². The van der Waals surface area contributed by atoms with E-state index in [0.29, 0.717) is 11.5 Å². The molecule has 4 heteroatoms. The lowest BCUT2D eigenvalue weighted by atomic mass is 10.0. The minimum Gasteiger partial charge on any atom is -0.493 e. The van der Waals surface area contributed by atoms with E-state index in [1.807, 2.05) is 38.1 Å². The smallest absolute Gasteiger partial charge is 0.163 e. The molecule has 1 aromatic rings. The van der Waals surface area contributed by atoms with Crippen LogP contribution in [-0.2, 0) is 4.79 Å². The summed E-state index contributed by atoms with van der Waals surface area (Å²) in [4.78, 5) is 11.8. The predicted molar refractivity (Wildman–Crippen MR) is 74.9 cm³/mol. The van der Waals surface area contributed by atoms with Gasteiger partial charge in [0, 0.05) is 17.7 Å². The van der Waals surface area contributed by atoms with Gasteiger partial charge in [0.1, 0.15) is 0 Å². The topological polar surface area (TPSA) is 47.6 Å². The molecule has 1 N–H and O–H groups in total. The molecule has 0 aromatic heterocycles. The van der Waals surface area contributed by atoms with Crippen LogP contribution in [0.15, 0.2) is 29.8 Å². The van der Waals surface area contributed by atoms with Crippen LogP contribution in [0.3, 0.4) is 0 Å². The quantitative estimate of drug-likeness (QED) is 0.905. The molecule has 0 aliphatic heterocycles. The summed E-state index contributed by atoms with van der Waals surface area (Å²) < 4.78 is 10.5. The Morgan fingerprint density at radius 1 is 1.16 bits per heavy atom. The molecule has 0 heterocycles. The highest BCUT2D eigenvalue weighted by Crippen LogP contribution is 2.31. The molecule has 0 radical (unpaired) electrons. The highest BCUT2D eigenvalue weighted by Gasteiger charge is 2.29. The van der Waals surface area contributed by atoms with E-state index >= 15 is 0 Å². The number of carbonyl (C=O) groups is 1. The molecule has 0 bridgehead atoms. The second kappa shape index (κ2) is 5.34. The Labute approximate surface area is 113 Å². The van der Waals surface area contributed by atoms with Crippen molar-refractivity contribution >= 4 is 11.5 Å². The van der Waals surface area contributed by atoms with Gasteiger partial charge in [-0.05, 0) is 24.6 Å². The summed E-state index contributed by atoms with van der Waals surface area (Å²) in [5.74, 6) is 1.53. The fraction of sp³-hybridized carbons (Fsp3) is 0.400. The van der Waals surface area contributed by atoms with Crippen LogP contribution >= 0.6 is 0 Å². The van der Waals surface area contributed by atoms with E-state index in [9.17, 15) is 4.79 Å². The van der Waals surface area contributed by atoms with Crippen LogP contribution in [-0.4, -0.2) is 26.0 Å². The number of allylic oxidation sites excluding steroid dienone is 1. The van der Waals surface area contributed by atoms with E-state index in [4.69, 9.17) is 9.47 Å². The molecule has 19 heavy (non-hydrogen) atoms. The van der Waals surface area contributed by atoms with E-state index in [0.717, 1.165) is 11.3 Å². The van der Waals surface area contributed by atoms with Crippen molar-refractivity contribution in [1.29, 1.82) is 0 Å². The molecular weight excluding hydrogens is 242 g/mol. The molecule has 0 fully saturated rings. The average Bonchev–Trinajstić information content (AvgIpc) is 2.66. The van der Waals surface area contributed by atoms with Crippen LogP contribution in [0.2, 0.25) is 0 Å². The Kier molecular flexibility index (Phi) is 3.79. The lowest BCUT2D eigenvalue weighted by molar-refractivity contribution is -0.117. The van der Waals surface area contributed by atoms with Crippen molar-refractivity contribution in [1.82, 2.24) is 0 Å². The average molecular weight is 261 g/mol. The second-order valence-corrected chi connectivity index (χ2v) is 4.74. The molecule has 102 valence electrons. The molecule has 0 spiro atoms. The first kappa shape index (κ1) is 13.5. The van der Waals surface area contributed by atoms with Crippen molar-refractivity contribution in [2.24, 2.45) is 5.92 Å². The standard InChI is InChI=1S/C15H19NO3/c1-9-7-12(10(2)15(9)17)16-11-5-6-13(18-3)14(8-11)19-4/h5-8,10,12,16H,1-4H3/t10-,12+/m0/s1. The summed E-state index contributed by atoms with van der Waals surface area (Å²) >= 11 is 0. The number of nitrogens with one attached hydrogen (secondary N) is 1. The van der Waals surface area contributed by atoms with E-state index in [1.54, 1.807) is 14.2 Å². The number of methoxy groups -OCH3 is 2. The maximum Gasteiger partial charge on any atom is 0.163 e. The Bertz CT molecular complexity index is 522. The first-order valence-electron chi connectivity index (χ1n) is 6.28. The summed E-state index contributed by atoms with van der Waals surface area (Å²) in [6.07, 6.45) is 1.98. The van der Waals surface area contributed by atoms with Gasteiger partial charge in [0.05, 0.1) is 20.3 Å². The first-order chi connectivity index (χ1) is 9.06. The Balaban J connectivity index is 2.18. The monoisotopic (exact) mass is 261 g/mol. The Hall–Kier alpha value is -1.97.